The van der Waals surface area contributed by atoms with Crippen molar-refractivity contribution in [3.05, 3.63) is 35.0 Å². The van der Waals surface area contributed by atoms with Gasteiger partial charge in [-0.3, -0.25) is 0 Å². The summed E-state index contributed by atoms with van der Waals surface area (Å²) in [4.78, 5) is 12.7. The number of carbonyl (C=O) groups is 1. The Labute approximate surface area is 131 Å². The molecular weight excluding hydrogens is 327 g/mol. The first-order valence-corrected chi connectivity index (χ1v) is 9.48. The molecular formula is C14H15FN2O3S2. The molecule has 1 fully saturated rings. The van der Waals surface area contributed by atoms with E-state index in [1.54, 1.807) is 6.07 Å². The fraction of sp³-hybridized carbons (Fsp3) is 0.357. The maximum absolute atomic E-state index is 13.1. The molecule has 5 nitrogen and oxygen atoms in total. The molecule has 0 saturated carbocycles. The molecule has 1 atom stereocenters. The minimum atomic E-state index is -3.01. The summed E-state index contributed by atoms with van der Waals surface area (Å²) in [7, 11) is -3.01. The van der Waals surface area contributed by atoms with Gasteiger partial charge in [-0.1, -0.05) is 0 Å². The van der Waals surface area contributed by atoms with Gasteiger partial charge in [0.2, 0.25) is 0 Å². The Morgan fingerprint density at radius 1 is 1.36 bits per heavy atom. The van der Waals surface area contributed by atoms with Gasteiger partial charge in [0.1, 0.15) is 5.82 Å². The van der Waals surface area contributed by atoms with Crippen LogP contribution in [-0.4, -0.2) is 32.0 Å². The van der Waals surface area contributed by atoms with E-state index in [1.807, 2.05) is 6.07 Å². The first kappa shape index (κ1) is 15.2. The molecule has 1 aromatic carbocycles. The van der Waals surface area contributed by atoms with Crippen molar-refractivity contribution in [2.45, 2.75) is 19.0 Å². The number of fused-ring (bicyclic) bond motifs is 1. The number of nitrogens with one attached hydrogen (secondary N) is 2. The molecule has 2 aromatic rings. The molecule has 1 aliphatic rings. The van der Waals surface area contributed by atoms with Crippen molar-refractivity contribution in [3.8, 4) is 0 Å². The van der Waals surface area contributed by atoms with E-state index in [2.05, 4.69) is 10.6 Å². The van der Waals surface area contributed by atoms with Crippen molar-refractivity contribution in [3.63, 3.8) is 0 Å². The fourth-order valence-electron chi connectivity index (χ4n) is 2.47. The lowest BCUT2D eigenvalue weighted by Crippen LogP contribution is -2.42. The van der Waals surface area contributed by atoms with E-state index >= 15 is 0 Å². The van der Waals surface area contributed by atoms with E-state index in [4.69, 9.17) is 0 Å². The highest BCUT2D eigenvalue weighted by molar-refractivity contribution is 7.91. The molecule has 8 heteroatoms. The van der Waals surface area contributed by atoms with Crippen molar-refractivity contribution >= 4 is 37.3 Å². The van der Waals surface area contributed by atoms with Crippen LogP contribution in [-0.2, 0) is 16.4 Å². The van der Waals surface area contributed by atoms with E-state index in [0.717, 1.165) is 15.0 Å². The number of urea groups is 1. The predicted molar refractivity (Wildman–Crippen MR) is 84.2 cm³/mol. The normalized spacial score (nSPS) is 20.1. The number of thiophene rings is 1. The lowest BCUT2D eigenvalue weighted by molar-refractivity contribution is 0.237. The molecule has 2 amide bonds. The second-order valence-electron chi connectivity index (χ2n) is 5.32. The van der Waals surface area contributed by atoms with Gasteiger partial charge < -0.3 is 10.6 Å². The van der Waals surface area contributed by atoms with Crippen LogP contribution in [0.4, 0.5) is 9.18 Å². The zero-order chi connectivity index (χ0) is 15.7. The Hall–Kier alpha value is -1.67. The van der Waals surface area contributed by atoms with Crippen LogP contribution in [0.15, 0.2) is 24.3 Å². The third kappa shape index (κ3) is 3.56. The van der Waals surface area contributed by atoms with Crippen molar-refractivity contribution in [1.29, 1.82) is 0 Å². The number of halogens is 1. The Kier molecular flexibility index (Phi) is 4.05. The first-order chi connectivity index (χ1) is 10.4. The van der Waals surface area contributed by atoms with Gasteiger partial charge in [-0.25, -0.2) is 17.6 Å². The number of rotatable bonds is 3. The van der Waals surface area contributed by atoms with E-state index in [-0.39, 0.29) is 29.4 Å². The van der Waals surface area contributed by atoms with Gasteiger partial charge in [-0.15, -0.1) is 11.3 Å². The number of hydrogen-bond acceptors (Lipinski definition) is 4. The Balaban J connectivity index is 1.56. The highest BCUT2D eigenvalue weighted by atomic mass is 32.2. The summed E-state index contributed by atoms with van der Waals surface area (Å²) in [5.74, 6) is -0.160. The maximum Gasteiger partial charge on any atom is 0.315 e. The molecule has 0 radical (unpaired) electrons. The minimum Gasteiger partial charge on any atom is -0.334 e. The topological polar surface area (TPSA) is 75.3 Å². The third-order valence-electron chi connectivity index (χ3n) is 3.52. The molecule has 1 saturated heterocycles. The highest BCUT2D eigenvalue weighted by Crippen LogP contribution is 2.26. The summed E-state index contributed by atoms with van der Waals surface area (Å²) < 4.78 is 36.7. The van der Waals surface area contributed by atoms with Crippen LogP contribution in [0.2, 0.25) is 0 Å². The zero-order valence-electron chi connectivity index (χ0n) is 11.6. The van der Waals surface area contributed by atoms with E-state index in [9.17, 15) is 17.6 Å². The highest BCUT2D eigenvalue weighted by Gasteiger charge is 2.28. The van der Waals surface area contributed by atoms with E-state index < -0.39 is 9.84 Å². The Bertz CT molecular complexity index is 817. The van der Waals surface area contributed by atoms with Crippen LogP contribution in [0.5, 0.6) is 0 Å². The molecule has 2 N–H and O–H groups in total. The van der Waals surface area contributed by atoms with E-state index in [1.165, 1.54) is 23.5 Å². The number of amides is 2. The molecule has 0 spiro atoms. The van der Waals surface area contributed by atoms with Gasteiger partial charge in [-0.05, 0) is 36.1 Å². The number of hydrogen-bond donors (Lipinski definition) is 2. The second kappa shape index (κ2) is 5.85. The summed E-state index contributed by atoms with van der Waals surface area (Å²) in [5.41, 5.74) is 0. The van der Waals surface area contributed by atoms with Crippen LogP contribution in [0.3, 0.4) is 0 Å². The van der Waals surface area contributed by atoms with Gasteiger partial charge in [-0.2, -0.15) is 0 Å². The van der Waals surface area contributed by atoms with Crippen molar-refractivity contribution in [1.82, 2.24) is 10.6 Å². The maximum atomic E-state index is 13.1. The SMILES string of the molecule is O=C(NCc1cc2cc(F)ccc2s1)N[C@@H]1CCS(=O)(=O)C1. The van der Waals surface area contributed by atoms with Crippen LogP contribution >= 0.6 is 11.3 Å². The molecule has 1 aliphatic heterocycles. The monoisotopic (exact) mass is 342 g/mol. The zero-order valence-corrected chi connectivity index (χ0v) is 13.3. The van der Waals surface area contributed by atoms with Crippen LogP contribution in [0, 0.1) is 5.82 Å². The van der Waals surface area contributed by atoms with Crippen molar-refractivity contribution in [2.24, 2.45) is 0 Å². The third-order valence-corrected chi connectivity index (χ3v) is 6.40. The molecule has 0 bridgehead atoms. The van der Waals surface area contributed by atoms with Crippen LogP contribution in [0.1, 0.15) is 11.3 Å². The molecule has 0 aliphatic carbocycles. The quantitative estimate of drug-likeness (QED) is 0.896. The van der Waals surface area contributed by atoms with Gasteiger partial charge in [0, 0.05) is 15.6 Å². The summed E-state index contributed by atoms with van der Waals surface area (Å²) in [6, 6.07) is 5.71. The minimum absolute atomic E-state index is 0.00256. The van der Waals surface area contributed by atoms with Gasteiger partial charge in [0.25, 0.3) is 0 Å². The summed E-state index contributed by atoms with van der Waals surface area (Å²) >= 11 is 1.49. The number of benzene rings is 1. The number of carbonyl (C=O) groups excluding carboxylic acids is 1. The lowest BCUT2D eigenvalue weighted by Gasteiger charge is -2.11. The summed E-state index contributed by atoms with van der Waals surface area (Å²) in [6.07, 6.45) is 0.456. The predicted octanol–water partition coefficient (Wildman–Crippen LogP) is 2.03. The summed E-state index contributed by atoms with van der Waals surface area (Å²) in [6.45, 7) is 0.326. The average Bonchev–Trinajstić information content (AvgIpc) is 2.98. The average molecular weight is 342 g/mol. The smallest absolute Gasteiger partial charge is 0.315 e. The Morgan fingerprint density at radius 2 is 2.18 bits per heavy atom. The second-order valence-corrected chi connectivity index (χ2v) is 8.72. The van der Waals surface area contributed by atoms with Crippen molar-refractivity contribution < 1.29 is 17.6 Å². The molecule has 22 heavy (non-hydrogen) atoms. The molecule has 118 valence electrons. The van der Waals surface area contributed by atoms with Gasteiger partial charge in [0.15, 0.2) is 9.84 Å². The van der Waals surface area contributed by atoms with Gasteiger partial charge in [0.05, 0.1) is 18.1 Å². The molecule has 3 rings (SSSR count). The van der Waals surface area contributed by atoms with Crippen molar-refractivity contribution in [2.75, 3.05) is 11.5 Å². The first-order valence-electron chi connectivity index (χ1n) is 6.84. The molecule has 0 unspecified atom stereocenters. The number of sulfone groups is 1. The fourth-order valence-corrected chi connectivity index (χ4v) is 5.13. The Morgan fingerprint density at radius 3 is 2.91 bits per heavy atom. The standard InChI is InChI=1S/C14H15FN2O3S2/c15-10-1-2-13-9(5-10)6-12(21-13)7-16-14(18)17-11-3-4-22(19,20)8-11/h1-2,5-6,11H,3-4,7-8H2,(H2,16,17,18)/t11-/m1/s1. The summed E-state index contributed by atoms with van der Waals surface area (Å²) in [5, 5.41) is 6.17. The van der Waals surface area contributed by atoms with Crippen LogP contribution < -0.4 is 10.6 Å². The molecule has 2 heterocycles. The largest absolute Gasteiger partial charge is 0.334 e. The van der Waals surface area contributed by atoms with E-state index in [0.29, 0.717) is 13.0 Å². The van der Waals surface area contributed by atoms with Gasteiger partial charge >= 0.3 is 6.03 Å². The molecule has 1 aromatic heterocycles. The van der Waals surface area contributed by atoms with Crippen LogP contribution in [0.25, 0.3) is 10.1 Å². The lowest BCUT2D eigenvalue weighted by atomic mass is 10.2.